The molecule has 0 fully saturated rings. The summed E-state index contributed by atoms with van der Waals surface area (Å²) in [6.45, 7) is 1.31. The number of benzene rings is 1. The number of aryl methyl sites for hydroxylation is 1. The van der Waals surface area contributed by atoms with Crippen molar-refractivity contribution in [1.29, 1.82) is 0 Å². The third-order valence-electron chi connectivity index (χ3n) is 3.78. The maximum atomic E-state index is 12.3. The predicted octanol–water partition coefficient (Wildman–Crippen LogP) is 0.816. The van der Waals surface area contributed by atoms with Gasteiger partial charge < -0.3 is 24.6 Å². The lowest BCUT2D eigenvalue weighted by Crippen LogP contribution is -2.37. The molecule has 0 unspecified atom stereocenters. The number of phenols is 1. The summed E-state index contributed by atoms with van der Waals surface area (Å²) in [5.41, 5.74) is 0.209. The third-order valence-corrected chi connectivity index (χ3v) is 4.08. The molecule has 2 aromatic rings. The molecule has 0 bridgehead atoms. The first-order chi connectivity index (χ1) is 11.4. The first-order valence-corrected chi connectivity index (χ1v) is 7.71. The topological polar surface area (TPSA) is 111 Å². The lowest BCUT2D eigenvalue weighted by molar-refractivity contribution is -0.131. The van der Waals surface area contributed by atoms with E-state index in [0.29, 0.717) is 10.9 Å². The van der Waals surface area contributed by atoms with Gasteiger partial charge in [0.1, 0.15) is 11.3 Å². The molecule has 24 heavy (non-hydrogen) atoms. The van der Waals surface area contributed by atoms with Crippen molar-refractivity contribution in [2.24, 2.45) is 0 Å². The van der Waals surface area contributed by atoms with Crippen LogP contribution in [0.4, 0.5) is 0 Å². The van der Waals surface area contributed by atoms with Gasteiger partial charge in [0.05, 0.1) is 30.2 Å². The highest BCUT2D eigenvalue weighted by Crippen LogP contribution is 2.30. The largest absolute Gasteiger partial charge is 0.506 e. The van der Waals surface area contributed by atoms with Gasteiger partial charge in [0, 0.05) is 24.5 Å². The molecule has 0 saturated heterocycles. The van der Waals surface area contributed by atoms with Crippen LogP contribution in [0.15, 0.2) is 21.3 Å². The number of aliphatic hydroxyl groups excluding tert-OH is 2. The Kier molecular flexibility index (Phi) is 5.82. The smallest absolute Gasteiger partial charge is 0.340 e. The molecule has 1 aromatic heterocycles. The number of carbonyl (C=O) groups excluding carboxylic acids is 1. The Labute approximate surface area is 142 Å². The van der Waals surface area contributed by atoms with Gasteiger partial charge in [-0.1, -0.05) is 11.6 Å². The second-order valence-electron chi connectivity index (χ2n) is 5.30. The van der Waals surface area contributed by atoms with Gasteiger partial charge in [0.15, 0.2) is 0 Å². The van der Waals surface area contributed by atoms with Crippen LogP contribution < -0.4 is 5.63 Å². The molecule has 0 aliphatic heterocycles. The maximum Gasteiger partial charge on any atom is 0.340 e. The molecule has 2 rings (SSSR count). The zero-order valence-corrected chi connectivity index (χ0v) is 13.8. The standard InChI is InChI=1S/C16H18ClNO6/c1-9-10-6-12(17)13(21)8-14(10)24-16(23)11(9)7-15(22)18(2-4-19)3-5-20/h6,8,19-21H,2-5,7H2,1H3. The van der Waals surface area contributed by atoms with Gasteiger partial charge in [-0.15, -0.1) is 0 Å². The maximum absolute atomic E-state index is 12.3. The number of fused-ring (bicyclic) bond motifs is 1. The van der Waals surface area contributed by atoms with Crippen LogP contribution in [0, 0.1) is 6.92 Å². The quantitative estimate of drug-likeness (QED) is 0.661. The minimum Gasteiger partial charge on any atom is -0.506 e. The number of nitrogens with zero attached hydrogens (tertiary/aromatic N) is 1. The molecule has 0 saturated carbocycles. The Hall–Kier alpha value is -2.09. The summed E-state index contributed by atoms with van der Waals surface area (Å²) in [6.07, 6.45) is -0.220. The number of phenolic OH excluding ortho intramolecular Hbond substituents is 1. The minimum absolute atomic E-state index is 0.0665. The summed E-state index contributed by atoms with van der Waals surface area (Å²) in [5, 5.41) is 28.2. The van der Waals surface area contributed by atoms with Gasteiger partial charge in [0.2, 0.25) is 5.91 Å². The molecule has 0 atom stereocenters. The van der Waals surface area contributed by atoms with Crippen LogP contribution >= 0.6 is 11.6 Å². The van der Waals surface area contributed by atoms with E-state index < -0.39 is 11.5 Å². The van der Waals surface area contributed by atoms with Gasteiger partial charge in [-0.2, -0.15) is 0 Å². The normalized spacial score (nSPS) is 11.0. The van der Waals surface area contributed by atoms with Crippen molar-refractivity contribution in [3.05, 3.63) is 38.7 Å². The van der Waals surface area contributed by atoms with Gasteiger partial charge in [-0.05, 0) is 18.6 Å². The van der Waals surface area contributed by atoms with E-state index in [9.17, 15) is 14.7 Å². The van der Waals surface area contributed by atoms with Crippen molar-refractivity contribution in [3.8, 4) is 5.75 Å². The fourth-order valence-corrected chi connectivity index (χ4v) is 2.63. The minimum atomic E-state index is -0.678. The van der Waals surface area contributed by atoms with E-state index in [0.717, 1.165) is 0 Å². The Balaban J connectivity index is 2.43. The molecule has 1 heterocycles. The third kappa shape index (κ3) is 3.69. The van der Waals surface area contributed by atoms with Gasteiger partial charge >= 0.3 is 5.63 Å². The van der Waals surface area contributed by atoms with E-state index in [4.69, 9.17) is 26.2 Å². The van der Waals surface area contributed by atoms with Gasteiger partial charge in [-0.3, -0.25) is 4.79 Å². The molecular weight excluding hydrogens is 338 g/mol. The van der Waals surface area contributed by atoms with Crippen molar-refractivity contribution >= 4 is 28.5 Å². The first kappa shape index (κ1) is 18.3. The van der Waals surface area contributed by atoms with Crippen LogP contribution in [0.2, 0.25) is 5.02 Å². The lowest BCUT2D eigenvalue weighted by Gasteiger charge is -2.21. The zero-order valence-electron chi connectivity index (χ0n) is 13.1. The fourth-order valence-electron chi connectivity index (χ4n) is 2.47. The van der Waals surface area contributed by atoms with E-state index in [1.165, 1.54) is 17.0 Å². The molecule has 0 radical (unpaired) electrons. The monoisotopic (exact) mass is 355 g/mol. The summed E-state index contributed by atoms with van der Waals surface area (Å²) in [7, 11) is 0. The first-order valence-electron chi connectivity index (χ1n) is 7.33. The van der Waals surface area contributed by atoms with E-state index >= 15 is 0 Å². The highest BCUT2D eigenvalue weighted by molar-refractivity contribution is 6.32. The number of rotatable bonds is 6. The number of carbonyl (C=O) groups is 1. The van der Waals surface area contributed by atoms with Crippen molar-refractivity contribution in [2.45, 2.75) is 13.3 Å². The van der Waals surface area contributed by atoms with Crippen LogP contribution in [-0.2, 0) is 11.2 Å². The highest BCUT2D eigenvalue weighted by atomic mass is 35.5. The van der Waals surface area contributed by atoms with Gasteiger partial charge in [-0.25, -0.2) is 4.79 Å². The Morgan fingerprint density at radius 2 is 1.88 bits per heavy atom. The summed E-state index contributed by atoms with van der Waals surface area (Å²) in [5.74, 6) is -0.606. The molecular formula is C16H18ClNO6. The molecule has 1 aromatic carbocycles. The number of amides is 1. The van der Waals surface area contributed by atoms with Crippen molar-refractivity contribution in [3.63, 3.8) is 0 Å². The van der Waals surface area contributed by atoms with Crippen LogP contribution in [-0.4, -0.2) is 52.4 Å². The molecule has 0 aliphatic rings. The summed E-state index contributed by atoms with van der Waals surface area (Å²) in [6, 6.07) is 2.72. The molecule has 0 aliphatic carbocycles. The van der Waals surface area contributed by atoms with Crippen molar-refractivity contribution < 1.29 is 24.5 Å². The molecule has 7 nitrogen and oxygen atoms in total. The van der Waals surface area contributed by atoms with Crippen molar-refractivity contribution in [2.75, 3.05) is 26.3 Å². The number of hydrogen-bond donors (Lipinski definition) is 3. The number of halogens is 1. The van der Waals surface area contributed by atoms with Crippen LogP contribution in [0.3, 0.4) is 0 Å². The average molecular weight is 356 g/mol. The van der Waals surface area contributed by atoms with Crippen LogP contribution in [0.1, 0.15) is 11.1 Å². The van der Waals surface area contributed by atoms with Gasteiger partial charge in [0.25, 0.3) is 0 Å². The van der Waals surface area contributed by atoms with E-state index in [-0.39, 0.29) is 54.6 Å². The molecule has 130 valence electrons. The average Bonchev–Trinajstić information content (AvgIpc) is 2.53. The molecule has 8 heteroatoms. The summed E-state index contributed by atoms with van der Waals surface area (Å²) < 4.78 is 5.17. The predicted molar refractivity (Wildman–Crippen MR) is 88.4 cm³/mol. The molecule has 0 spiro atoms. The summed E-state index contributed by atoms with van der Waals surface area (Å²) >= 11 is 5.89. The van der Waals surface area contributed by atoms with E-state index in [1.807, 2.05) is 0 Å². The second kappa shape index (κ2) is 7.65. The SMILES string of the molecule is Cc1c(CC(=O)N(CCO)CCO)c(=O)oc2cc(O)c(Cl)cc12. The second-order valence-corrected chi connectivity index (χ2v) is 5.70. The van der Waals surface area contributed by atoms with Crippen molar-refractivity contribution in [1.82, 2.24) is 4.90 Å². The molecule has 3 N–H and O–H groups in total. The van der Waals surface area contributed by atoms with Crippen LogP contribution in [0.25, 0.3) is 11.0 Å². The molecule has 1 amide bonds. The lowest BCUT2D eigenvalue weighted by atomic mass is 10.0. The Morgan fingerprint density at radius 3 is 2.46 bits per heavy atom. The van der Waals surface area contributed by atoms with E-state index in [1.54, 1.807) is 6.92 Å². The number of hydrogen-bond acceptors (Lipinski definition) is 6. The highest BCUT2D eigenvalue weighted by Gasteiger charge is 2.19. The number of aromatic hydroxyl groups is 1. The Morgan fingerprint density at radius 1 is 1.25 bits per heavy atom. The Bertz CT molecular complexity index is 810. The number of aliphatic hydroxyl groups is 2. The summed E-state index contributed by atoms with van der Waals surface area (Å²) in [4.78, 5) is 25.8. The fraction of sp³-hybridized carbons (Fsp3) is 0.375. The van der Waals surface area contributed by atoms with Crippen LogP contribution in [0.5, 0.6) is 5.75 Å². The van der Waals surface area contributed by atoms with E-state index in [2.05, 4.69) is 0 Å². The zero-order chi connectivity index (χ0) is 17.9.